The first-order chi connectivity index (χ1) is 8.08. The number of nitrogens with zero attached hydrogens (tertiary/aromatic N) is 1. The number of pyridine rings is 1. The van der Waals surface area contributed by atoms with Crippen molar-refractivity contribution >= 4 is 22.8 Å². The number of carbonyl (C=O) groups is 2. The minimum Gasteiger partial charge on any atom is -0.477 e. The summed E-state index contributed by atoms with van der Waals surface area (Å²) in [5, 5.41) is 9.50. The predicted molar refractivity (Wildman–Crippen MR) is 60.0 cm³/mol. The third kappa shape index (κ3) is 2.23. The second-order valence-electron chi connectivity index (χ2n) is 3.42. The van der Waals surface area contributed by atoms with Gasteiger partial charge in [-0.15, -0.1) is 0 Å². The molecule has 2 aromatic rings. The maximum atomic E-state index is 10.9. The molecule has 0 saturated heterocycles. The van der Waals surface area contributed by atoms with E-state index in [0.29, 0.717) is 10.9 Å². The van der Waals surface area contributed by atoms with Crippen molar-refractivity contribution in [2.24, 2.45) is 0 Å². The Morgan fingerprint density at radius 1 is 1.29 bits per heavy atom. The molecule has 0 unspecified atom stereocenters. The Labute approximate surface area is 96.7 Å². The molecule has 5 heteroatoms. The topological polar surface area (TPSA) is 76.5 Å². The number of carboxylic acids is 1. The zero-order valence-electron chi connectivity index (χ0n) is 9.01. The van der Waals surface area contributed by atoms with Crippen LogP contribution in [-0.2, 0) is 4.79 Å². The lowest BCUT2D eigenvalue weighted by molar-refractivity contribution is -0.131. The maximum Gasteiger partial charge on any atom is 0.354 e. The van der Waals surface area contributed by atoms with E-state index in [1.807, 2.05) is 0 Å². The molecule has 86 valence electrons. The molecule has 0 spiro atoms. The number of aromatic nitrogens is 1. The fraction of sp³-hybridized carbons (Fsp3) is 0.0833. The second kappa shape index (κ2) is 4.21. The van der Waals surface area contributed by atoms with E-state index in [4.69, 9.17) is 9.84 Å². The number of carbonyl (C=O) groups excluding carboxylic acids is 1. The van der Waals surface area contributed by atoms with Crippen LogP contribution in [0, 0.1) is 0 Å². The van der Waals surface area contributed by atoms with Gasteiger partial charge in [-0.25, -0.2) is 9.78 Å². The van der Waals surface area contributed by atoms with Crippen molar-refractivity contribution in [2.75, 3.05) is 0 Å². The summed E-state index contributed by atoms with van der Waals surface area (Å²) in [5.41, 5.74) is 0.323. The Bertz CT molecular complexity index is 606. The smallest absolute Gasteiger partial charge is 0.354 e. The van der Waals surface area contributed by atoms with E-state index in [0.717, 1.165) is 0 Å². The average molecular weight is 231 g/mol. The molecule has 2 rings (SSSR count). The highest BCUT2D eigenvalue weighted by atomic mass is 16.5. The molecule has 1 N–H and O–H groups in total. The van der Waals surface area contributed by atoms with Crippen molar-refractivity contribution in [1.29, 1.82) is 0 Å². The summed E-state index contributed by atoms with van der Waals surface area (Å²) < 4.78 is 4.98. The maximum absolute atomic E-state index is 10.9. The zero-order valence-corrected chi connectivity index (χ0v) is 9.01. The molecular weight excluding hydrogens is 222 g/mol. The Morgan fingerprint density at radius 2 is 2.00 bits per heavy atom. The van der Waals surface area contributed by atoms with Gasteiger partial charge in [-0.05, 0) is 12.1 Å². The van der Waals surface area contributed by atoms with Crippen molar-refractivity contribution in [3.8, 4) is 5.75 Å². The Morgan fingerprint density at radius 3 is 2.65 bits per heavy atom. The molecule has 1 aromatic heterocycles. The second-order valence-corrected chi connectivity index (χ2v) is 3.42. The number of esters is 1. The van der Waals surface area contributed by atoms with Crippen LogP contribution >= 0.6 is 0 Å². The van der Waals surface area contributed by atoms with E-state index in [2.05, 4.69) is 4.98 Å². The van der Waals surface area contributed by atoms with Crippen LogP contribution in [-0.4, -0.2) is 22.0 Å². The number of rotatable bonds is 2. The largest absolute Gasteiger partial charge is 0.477 e. The number of benzene rings is 1. The summed E-state index contributed by atoms with van der Waals surface area (Å²) >= 11 is 0. The number of hydrogen-bond acceptors (Lipinski definition) is 4. The van der Waals surface area contributed by atoms with Gasteiger partial charge in [0.05, 0.1) is 5.52 Å². The number of ether oxygens (including phenoxy) is 1. The first-order valence-electron chi connectivity index (χ1n) is 4.89. The molecule has 0 aliphatic rings. The van der Waals surface area contributed by atoms with Crippen LogP contribution in [0.3, 0.4) is 0 Å². The predicted octanol–water partition coefficient (Wildman–Crippen LogP) is 1.86. The zero-order chi connectivity index (χ0) is 12.4. The Balaban J connectivity index is 2.68. The molecule has 0 radical (unpaired) electrons. The molecule has 17 heavy (non-hydrogen) atoms. The van der Waals surface area contributed by atoms with Gasteiger partial charge in [-0.2, -0.15) is 0 Å². The summed E-state index contributed by atoms with van der Waals surface area (Å²) in [6.07, 6.45) is 0. The van der Waals surface area contributed by atoms with E-state index in [1.54, 1.807) is 24.3 Å². The number of para-hydroxylation sites is 1. The van der Waals surface area contributed by atoms with E-state index < -0.39 is 11.9 Å². The molecule has 0 aliphatic carbocycles. The molecule has 1 aromatic carbocycles. The molecule has 0 bridgehead atoms. The highest BCUT2D eigenvalue weighted by Crippen LogP contribution is 2.25. The molecule has 0 fully saturated rings. The quantitative estimate of drug-likeness (QED) is 0.798. The minimum absolute atomic E-state index is 0.153. The molecule has 0 amide bonds. The monoisotopic (exact) mass is 231 g/mol. The summed E-state index contributed by atoms with van der Waals surface area (Å²) in [6, 6.07) is 8.11. The van der Waals surface area contributed by atoms with E-state index in [1.165, 1.54) is 13.0 Å². The van der Waals surface area contributed by atoms with Crippen molar-refractivity contribution in [1.82, 2.24) is 4.98 Å². The third-order valence-corrected chi connectivity index (χ3v) is 2.15. The SMILES string of the molecule is CC(=O)Oc1cc(C(=O)O)nc2ccccc12. The van der Waals surface area contributed by atoms with Crippen LogP contribution in [0.2, 0.25) is 0 Å². The number of aromatic carboxylic acids is 1. The highest BCUT2D eigenvalue weighted by Gasteiger charge is 2.12. The first-order valence-corrected chi connectivity index (χ1v) is 4.89. The number of hydrogen-bond donors (Lipinski definition) is 1. The van der Waals surface area contributed by atoms with Crippen LogP contribution in [0.4, 0.5) is 0 Å². The molecule has 0 atom stereocenters. The summed E-state index contributed by atoms with van der Waals surface area (Å²) in [4.78, 5) is 25.8. The fourth-order valence-electron chi connectivity index (χ4n) is 1.49. The van der Waals surface area contributed by atoms with Gasteiger partial charge in [0.25, 0.3) is 0 Å². The van der Waals surface area contributed by atoms with Crippen molar-refractivity contribution in [3.63, 3.8) is 0 Å². The van der Waals surface area contributed by atoms with Crippen LogP contribution in [0.5, 0.6) is 5.75 Å². The fourth-order valence-corrected chi connectivity index (χ4v) is 1.49. The standard InChI is InChI=1S/C12H9NO4/c1-7(14)17-11-6-10(12(15)16)13-9-5-3-2-4-8(9)11/h2-6H,1H3,(H,15,16). The number of carboxylic acid groups (broad SMARTS) is 1. The molecule has 0 aliphatic heterocycles. The molecule has 1 heterocycles. The van der Waals surface area contributed by atoms with E-state index >= 15 is 0 Å². The van der Waals surface area contributed by atoms with Crippen LogP contribution in [0.15, 0.2) is 30.3 Å². The van der Waals surface area contributed by atoms with Gasteiger partial charge in [0.15, 0.2) is 5.69 Å². The van der Waals surface area contributed by atoms with Gasteiger partial charge in [0.2, 0.25) is 0 Å². The lowest BCUT2D eigenvalue weighted by Crippen LogP contribution is -2.06. The average Bonchev–Trinajstić information content (AvgIpc) is 2.28. The molecular formula is C12H9NO4. The van der Waals surface area contributed by atoms with Gasteiger partial charge >= 0.3 is 11.9 Å². The third-order valence-electron chi connectivity index (χ3n) is 2.15. The van der Waals surface area contributed by atoms with Crippen LogP contribution in [0.25, 0.3) is 10.9 Å². The van der Waals surface area contributed by atoms with Crippen LogP contribution < -0.4 is 4.74 Å². The summed E-state index contributed by atoms with van der Waals surface area (Å²) in [7, 11) is 0. The minimum atomic E-state index is -1.16. The molecule has 0 saturated carbocycles. The lowest BCUT2D eigenvalue weighted by atomic mass is 10.2. The van der Waals surface area contributed by atoms with Gasteiger partial charge in [0.1, 0.15) is 5.75 Å². The lowest BCUT2D eigenvalue weighted by Gasteiger charge is -2.06. The van der Waals surface area contributed by atoms with Crippen LogP contribution in [0.1, 0.15) is 17.4 Å². The Kier molecular flexibility index (Phi) is 2.74. The highest BCUT2D eigenvalue weighted by molar-refractivity contribution is 5.94. The van der Waals surface area contributed by atoms with Crippen molar-refractivity contribution < 1.29 is 19.4 Å². The summed E-state index contributed by atoms with van der Waals surface area (Å²) in [6.45, 7) is 1.26. The van der Waals surface area contributed by atoms with Gasteiger partial charge in [-0.3, -0.25) is 4.79 Å². The summed E-state index contributed by atoms with van der Waals surface area (Å²) in [5.74, 6) is -1.46. The first kappa shape index (κ1) is 11.1. The van der Waals surface area contributed by atoms with Crippen molar-refractivity contribution in [2.45, 2.75) is 6.92 Å². The van der Waals surface area contributed by atoms with E-state index in [9.17, 15) is 9.59 Å². The van der Waals surface area contributed by atoms with E-state index in [-0.39, 0.29) is 11.4 Å². The normalized spacial score (nSPS) is 10.2. The van der Waals surface area contributed by atoms with Gasteiger partial charge < -0.3 is 9.84 Å². The molecule has 5 nitrogen and oxygen atoms in total. The van der Waals surface area contributed by atoms with Gasteiger partial charge in [0, 0.05) is 18.4 Å². The van der Waals surface area contributed by atoms with Gasteiger partial charge in [-0.1, -0.05) is 12.1 Å². The van der Waals surface area contributed by atoms with Crippen molar-refractivity contribution in [3.05, 3.63) is 36.0 Å². The number of fused-ring (bicyclic) bond motifs is 1. The Hall–Kier alpha value is -2.43.